The second kappa shape index (κ2) is 6.02. The van der Waals surface area contributed by atoms with Gasteiger partial charge in [0.2, 0.25) is 0 Å². The molecule has 1 aliphatic heterocycles. The van der Waals surface area contributed by atoms with Gasteiger partial charge in [0.25, 0.3) is 0 Å². The Morgan fingerprint density at radius 1 is 1.31 bits per heavy atom. The van der Waals surface area contributed by atoms with E-state index in [9.17, 15) is 0 Å². The molecule has 0 aliphatic carbocycles. The highest BCUT2D eigenvalue weighted by Gasteiger charge is 2.23. The van der Waals surface area contributed by atoms with Crippen LogP contribution in [0.1, 0.15) is 31.4 Å². The van der Waals surface area contributed by atoms with Gasteiger partial charge in [-0.05, 0) is 18.5 Å². The molecule has 0 amide bonds. The maximum absolute atomic E-state index is 5.61. The van der Waals surface area contributed by atoms with Crippen molar-refractivity contribution in [2.75, 3.05) is 26.3 Å². The van der Waals surface area contributed by atoms with Crippen LogP contribution in [-0.4, -0.2) is 31.2 Å². The third-order valence-corrected chi connectivity index (χ3v) is 3.22. The third kappa shape index (κ3) is 2.83. The molecule has 0 bridgehead atoms. The van der Waals surface area contributed by atoms with Crippen LogP contribution in [0.5, 0.6) is 0 Å². The summed E-state index contributed by atoms with van der Waals surface area (Å²) in [5.74, 6) is 0. The Morgan fingerprint density at radius 3 is 2.88 bits per heavy atom. The van der Waals surface area contributed by atoms with E-state index in [0.29, 0.717) is 6.04 Å². The lowest BCUT2D eigenvalue weighted by atomic mass is 10.0. The van der Waals surface area contributed by atoms with Crippen LogP contribution in [0.15, 0.2) is 30.3 Å². The highest BCUT2D eigenvalue weighted by molar-refractivity contribution is 5.19. The van der Waals surface area contributed by atoms with Gasteiger partial charge in [-0.15, -0.1) is 0 Å². The largest absolute Gasteiger partial charge is 0.378 e. The summed E-state index contributed by atoms with van der Waals surface area (Å²) in [4.78, 5) is 2.56. The second-order valence-corrected chi connectivity index (χ2v) is 4.39. The average Bonchev–Trinajstić information content (AvgIpc) is 2.38. The Morgan fingerprint density at radius 2 is 2.12 bits per heavy atom. The zero-order chi connectivity index (χ0) is 11.2. The number of rotatable bonds is 4. The molecule has 1 unspecified atom stereocenters. The number of benzene rings is 1. The lowest BCUT2D eigenvalue weighted by Gasteiger charge is -2.35. The lowest BCUT2D eigenvalue weighted by Crippen LogP contribution is -2.39. The lowest BCUT2D eigenvalue weighted by molar-refractivity contribution is -0.00891. The summed E-state index contributed by atoms with van der Waals surface area (Å²) < 4.78 is 5.61. The van der Waals surface area contributed by atoms with Gasteiger partial charge in [0.15, 0.2) is 0 Å². The summed E-state index contributed by atoms with van der Waals surface area (Å²) in [5.41, 5.74) is 1.39. The van der Waals surface area contributed by atoms with Crippen molar-refractivity contribution in [1.82, 2.24) is 4.90 Å². The first kappa shape index (κ1) is 11.6. The molecule has 1 aliphatic rings. The average molecular weight is 219 g/mol. The summed E-state index contributed by atoms with van der Waals surface area (Å²) in [6, 6.07) is 11.2. The van der Waals surface area contributed by atoms with Gasteiger partial charge in [-0.1, -0.05) is 43.7 Å². The Bertz CT molecular complexity index is 299. The number of morpholine rings is 1. The Balaban J connectivity index is 2.04. The molecule has 2 nitrogen and oxygen atoms in total. The molecule has 16 heavy (non-hydrogen) atoms. The molecule has 1 aromatic carbocycles. The van der Waals surface area contributed by atoms with Gasteiger partial charge in [0.1, 0.15) is 0 Å². The van der Waals surface area contributed by atoms with E-state index >= 15 is 0 Å². The fourth-order valence-electron chi connectivity index (χ4n) is 2.25. The van der Waals surface area contributed by atoms with Crippen LogP contribution in [0.4, 0.5) is 0 Å². The van der Waals surface area contributed by atoms with Crippen molar-refractivity contribution in [3.05, 3.63) is 35.9 Å². The molecule has 1 fully saturated rings. The van der Waals surface area contributed by atoms with Gasteiger partial charge in [-0.3, -0.25) is 4.90 Å². The van der Waals surface area contributed by atoms with Crippen LogP contribution in [-0.2, 0) is 4.74 Å². The van der Waals surface area contributed by atoms with Gasteiger partial charge < -0.3 is 4.74 Å². The van der Waals surface area contributed by atoms with Crippen LogP contribution >= 0.6 is 0 Å². The third-order valence-electron chi connectivity index (χ3n) is 3.22. The summed E-state index contributed by atoms with van der Waals surface area (Å²) >= 11 is 0. The molecule has 1 atom stereocenters. The van der Waals surface area contributed by atoms with Crippen molar-refractivity contribution in [2.45, 2.75) is 25.8 Å². The fraction of sp³-hybridized carbons (Fsp3) is 0.571. The molecule has 0 aromatic heterocycles. The van der Waals surface area contributed by atoms with Gasteiger partial charge in [0, 0.05) is 6.54 Å². The van der Waals surface area contributed by atoms with Crippen molar-refractivity contribution < 1.29 is 4.74 Å². The number of hydrogen-bond donors (Lipinski definition) is 0. The first-order valence-electron chi connectivity index (χ1n) is 6.28. The molecule has 0 saturated carbocycles. The Hall–Kier alpha value is -0.860. The summed E-state index contributed by atoms with van der Waals surface area (Å²) in [6.45, 7) is 6.23. The smallest absolute Gasteiger partial charge is 0.0664 e. The van der Waals surface area contributed by atoms with E-state index in [1.54, 1.807) is 0 Å². The summed E-state index contributed by atoms with van der Waals surface area (Å²) in [7, 11) is 0. The van der Waals surface area contributed by atoms with Gasteiger partial charge in [0.05, 0.1) is 19.3 Å². The minimum Gasteiger partial charge on any atom is -0.378 e. The Labute approximate surface area is 98.2 Å². The van der Waals surface area contributed by atoms with Crippen molar-refractivity contribution in [3.63, 3.8) is 0 Å². The van der Waals surface area contributed by atoms with Crippen LogP contribution < -0.4 is 0 Å². The molecule has 1 saturated heterocycles. The molecule has 88 valence electrons. The van der Waals surface area contributed by atoms with Crippen LogP contribution in [0, 0.1) is 0 Å². The molecule has 0 spiro atoms. The van der Waals surface area contributed by atoms with Gasteiger partial charge in [-0.2, -0.15) is 0 Å². The number of hydrogen-bond acceptors (Lipinski definition) is 2. The molecule has 0 radical (unpaired) electrons. The van der Waals surface area contributed by atoms with E-state index in [4.69, 9.17) is 4.74 Å². The van der Waals surface area contributed by atoms with Crippen LogP contribution in [0.25, 0.3) is 0 Å². The predicted octanol–water partition coefficient (Wildman–Crippen LogP) is 2.86. The molecule has 2 rings (SSSR count). The van der Waals surface area contributed by atoms with E-state index in [1.807, 2.05) is 0 Å². The molecule has 1 aromatic rings. The molecular weight excluding hydrogens is 198 g/mol. The molecular formula is C14H21NO. The predicted molar refractivity (Wildman–Crippen MR) is 66.5 cm³/mol. The zero-order valence-electron chi connectivity index (χ0n) is 10.1. The van der Waals surface area contributed by atoms with Crippen LogP contribution in [0.3, 0.4) is 0 Å². The maximum Gasteiger partial charge on any atom is 0.0664 e. The summed E-state index contributed by atoms with van der Waals surface area (Å²) in [5, 5.41) is 0. The van der Waals surface area contributed by atoms with E-state index in [1.165, 1.54) is 24.9 Å². The van der Waals surface area contributed by atoms with Gasteiger partial charge >= 0.3 is 0 Å². The minimum atomic E-state index is 0.460. The molecule has 1 heterocycles. The zero-order valence-corrected chi connectivity index (χ0v) is 10.1. The van der Waals surface area contributed by atoms with Crippen LogP contribution in [0.2, 0.25) is 0 Å². The Kier molecular flexibility index (Phi) is 4.37. The second-order valence-electron chi connectivity index (χ2n) is 4.39. The van der Waals surface area contributed by atoms with E-state index in [2.05, 4.69) is 42.2 Å². The molecule has 2 heteroatoms. The standard InChI is InChI=1S/C14H21NO/c1-2-3-9-15-10-11-16-12-14(15)13-7-5-4-6-8-13/h4-8,14H,2-3,9-12H2,1H3. The number of unbranched alkanes of at least 4 members (excludes halogenated alkanes) is 1. The first-order chi connectivity index (χ1) is 7.92. The monoisotopic (exact) mass is 219 g/mol. The van der Waals surface area contributed by atoms with Crippen molar-refractivity contribution in [1.29, 1.82) is 0 Å². The first-order valence-corrected chi connectivity index (χ1v) is 6.28. The summed E-state index contributed by atoms with van der Waals surface area (Å²) in [6.07, 6.45) is 2.54. The quantitative estimate of drug-likeness (QED) is 0.772. The number of nitrogens with zero attached hydrogens (tertiary/aromatic N) is 1. The fourth-order valence-corrected chi connectivity index (χ4v) is 2.25. The number of ether oxygens (including phenoxy) is 1. The SMILES string of the molecule is CCCCN1CCOCC1c1ccccc1. The highest BCUT2D eigenvalue weighted by atomic mass is 16.5. The van der Waals surface area contributed by atoms with Crippen molar-refractivity contribution in [2.24, 2.45) is 0 Å². The van der Waals surface area contributed by atoms with Crippen molar-refractivity contribution >= 4 is 0 Å². The van der Waals surface area contributed by atoms with E-state index in [0.717, 1.165) is 19.8 Å². The normalized spacial score (nSPS) is 22.2. The highest BCUT2D eigenvalue weighted by Crippen LogP contribution is 2.24. The topological polar surface area (TPSA) is 12.5 Å². The maximum atomic E-state index is 5.61. The minimum absolute atomic E-state index is 0.460. The van der Waals surface area contributed by atoms with E-state index < -0.39 is 0 Å². The van der Waals surface area contributed by atoms with Gasteiger partial charge in [-0.25, -0.2) is 0 Å². The van der Waals surface area contributed by atoms with E-state index in [-0.39, 0.29) is 0 Å². The molecule has 0 N–H and O–H groups in total. The van der Waals surface area contributed by atoms with Crippen molar-refractivity contribution in [3.8, 4) is 0 Å².